The number of hydrogen-bond donors (Lipinski definition) is 1. The number of sulfonamides is 1. The first-order valence-electron chi connectivity index (χ1n) is 6.99. The highest BCUT2D eigenvalue weighted by molar-refractivity contribution is 7.89. The maximum absolute atomic E-state index is 12.1. The van der Waals surface area contributed by atoms with Crippen molar-refractivity contribution in [2.75, 3.05) is 0 Å². The molecule has 0 aliphatic carbocycles. The Labute approximate surface area is 131 Å². The third-order valence-electron chi connectivity index (χ3n) is 3.81. The van der Waals surface area contributed by atoms with Gasteiger partial charge in [0.25, 0.3) is 10.0 Å². The van der Waals surface area contributed by atoms with Crippen LogP contribution in [0.2, 0.25) is 0 Å². The zero-order chi connectivity index (χ0) is 16.3. The minimum absolute atomic E-state index is 0.201. The van der Waals surface area contributed by atoms with Gasteiger partial charge in [-0.3, -0.25) is 0 Å². The van der Waals surface area contributed by atoms with Crippen LogP contribution in [-0.4, -0.2) is 14.6 Å². The van der Waals surface area contributed by atoms with E-state index in [4.69, 9.17) is 0 Å². The van der Waals surface area contributed by atoms with Gasteiger partial charge in [0.1, 0.15) is 0 Å². The Morgan fingerprint density at radius 1 is 0.909 bits per heavy atom. The second kappa shape index (κ2) is 6.32. The van der Waals surface area contributed by atoms with Crippen molar-refractivity contribution in [1.29, 1.82) is 0 Å². The molecule has 0 aliphatic heterocycles. The first-order valence-corrected chi connectivity index (χ1v) is 8.48. The molecule has 2 rings (SSSR count). The topological polar surface area (TPSA) is 58.5 Å². The normalized spacial score (nSPS) is 11.8. The van der Waals surface area contributed by atoms with Crippen molar-refractivity contribution in [1.82, 2.24) is 4.83 Å². The summed E-state index contributed by atoms with van der Waals surface area (Å²) in [6.07, 6.45) is 1.54. The molecule has 5 heteroatoms. The van der Waals surface area contributed by atoms with Crippen LogP contribution in [0.5, 0.6) is 0 Å². The van der Waals surface area contributed by atoms with Gasteiger partial charge in [-0.2, -0.15) is 13.5 Å². The van der Waals surface area contributed by atoms with Crippen LogP contribution in [0.3, 0.4) is 0 Å². The zero-order valence-corrected chi connectivity index (χ0v) is 14.0. The number of hydrazone groups is 1. The van der Waals surface area contributed by atoms with Gasteiger partial charge in [-0.15, -0.1) is 0 Å². The molecule has 0 spiro atoms. The second-order valence-corrected chi connectivity index (χ2v) is 7.05. The molecule has 0 unspecified atom stereocenters. The molecule has 1 N–H and O–H groups in total. The maximum atomic E-state index is 12.1. The van der Waals surface area contributed by atoms with Crippen molar-refractivity contribution in [3.8, 4) is 0 Å². The van der Waals surface area contributed by atoms with Gasteiger partial charge in [-0.05, 0) is 62.1 Å². The molecule has 0 fully saturated rings. The molecule has 0 saturated carbocycles. The van der Waals surface area contributed by atoms with Gasteiger partial charge in [0.15, 0.2) is 0 Å². The van der Waals surface area contributed by atoms with E-state index in [2.05, 4.69) is 9.93 Å². The molecule has 116 valence electrons. The largest absolute Gasteiger partial charge is 0.276 e. The maximum Gasteiger partial charge on any atom is 0.276 e. The summed E-state index contributed by atoms with van der Waals surface area (Å²) < 4.78 is 24.2. The van der Waals surface area contributed by atoms with Gasteiger partial charge < -0.3 is 0 Å². The van der Waals surface area contributed by atoms with Gasteiger partial charge in [0.05, 0.1) is 11.1 Å². The van der Waals surface area contributed by atoms with Crippen molar-refractivity contribution < 1.29 is 8.42 Å². The van der Waals surface area contributed by atoms with Crippen molar-refractivity contribution >= 4 is 16.2 Å². The molecule has 2 aromatic carbocycles. The predicted octanol–water partition coefficient (Wildman–Crippen LogP) is 3.23. The van der Waals surface area contributed by atoms with Crippen molar-refractivity contribution in [3.05, 3.63) is 64.2 Å². The third-order valence-corrected chi connectivity index (χ3v) is 5.05. The summed E-state index contributed by atoms with van der Waals surface area (Å²) in [5.74, 6) is 0. The quantitative estimate of drug-likeness (QED) is 0.695. The number of nitrogens with zero attached hydrogens (tertiary/aromatic N) is 1. The Hall–Kier alpha value is -2.14. The smallest absolute Gasteiger partial charge is 0.200 e. The lowest BCUT2D eigenvalue weighted by atomic mass is 10.00. The molecule has 0 bridgehead atoms. The SMILES string of the molecule is Cc1ccc(S(=O)(=O)N/N=C/c2ccc(C)c(C)c2C)cc1. The highest BCUT2D eigenvalue weighted by Crippen LogP contribution is 2.15. The number of rotatable bonds is 4. The lowest BCUT2D eigenvalue weighted by Gasteiger charge is -2.08. The van der Waals surface area contributed by atoms with Crippen LogP contribution in [-0.2, 0) is 10.0 Å². The summed E-state index contributed by atoms with van der Waals surface area (Å²) in [5.41, 5.74) is 5.39. The molecular formula is C17H20N2O2S. The number of nitrogens with one attached hydrogen (secondary N) is 1. The molecular weight excluding hydrogens is 296 g/mol. The van der Waals surface area contributed by atoms with Crippen LogP contribution < -0.4 is 4.83 Å². The fraction of sp³-hybridized carbons (Fsp3) is 0.235. The molecule has 0 radical (unpaired) electrons. The van der Waals surface area contributed by atoms with Crippen molar-refractivity contribution in [2.24, 2.45) is 5.10 Å². The Balaban J connectivity index is 2.19. The van der Waals surface area contributed by atoms with E-state index in [-0.39, 0.29) is 4.90 Å². The van der Waals surface area contributed by atoms with E-state index < -0.39 is 10.0 Å². The van der Waals surface area contributed by atoms with Gasteiger partial charge in [-0.1, -0.05) is 29.8 Å². The van der Waals surface area contributed by atoms with E-state index in [0.29, 0.717) is 0 Å². The number of hydrogen-bond acceptors (Lipinski definition) is 3. The lowest BCUT2D eigenvalue weighted by molar-refractivity contribution is 0.584. The fourth-order valence-electron chi connectivity index (χ4n) is 2.05. The van der Waals surface area contributed by atoms with E-state index >= 15 is 0 Å². The summed E-state index contributed by atoms with van der Waals surface area (Å²) >= 11 is 0. The monoisotopic (exact) mass is 316 g/mol. The summed E-state index contributed by atoms with van der Waals surface area (Å²) in [6.45, 7) is 7.99. The first kappa shape index (κ1) is 16.2. The van der Waals surface area contributed by atoms with Gasteiger partial charge in [-0.25, -0.2) is 4.83 Å². The van der Waals surface area contributed by atoms with Gasteiger partial charge in [0.2, 0.25) is 0 Å². The average molecular weight is 316 g/mol. The van der Waals surface area contributed by atoms with Crippen LogP contribution in [0.1, 0.15) is 27.8 Å². The molecule has 0 heterocycles. The highest BCUT2D eigenvalue weighted by atomic mass is 32.2. The van der Waals surface area contributed by atoms with Crippen LogP contribution in [0.25, 0.3) is 0 Å². The molecule has 4 nitrogen and oxygen atoms in total. The first-order chi connectivity index (χ1) is 10.3. The second-order valence-electron chi connectivity index (χ2n) is 5.39. The van der Waals surface area contributed by atoms with E-state index in [9.17, 15) is 8.42 Å². The highest BCUT2D eigenvalue weighted by Gasteiger charge is 2.11. The van der Waals surface area contributed by atoms with Gasteiger partial charge >= 0.3 is 0 Å². The van der Waals surface area contributed by atoms with E-state index in [1.165, 1.54) is 17.3 Å². The Morgan fingerprint density at radius 2 is 1.55 bits per heavy atom. The molecule has 2 aromatic rings. The lowest BCUT2D eigenvalue weighted by Crippen LogP contribution is -2.18. The van der Waals surface area contributed by atoms with Crippen LogP contribution in [0.4, 0.5) is 0 Å². The van der Waals surface area contributed by atoms with Crippen LogP contribution in [0.15, 0.2) is 46.4 Å². The van der Waals surface area contributed by atoms with Crippen LogP contribution >= 0.6 is 0 Å². The molecule has 0 aliphatic rings. The minimum atomic E-state index is -3.63. The Bertz CT molecular complexity index is 807. The molecule has 0 atom stereocenters. The van der Waals surface area contributed by atoms with E-state index in [1.54, 1.807) is 24.3 Å². The average Bonchev–Trinajstić information content (AvgIpc) is 2.48. The molecule has 22 heavy (non-hydrogen) atoms. The fourth-order valence-corrected chi connectivity index (χ4v) is 2.84. The summed E-state index contributed by atoms with van der Waals surface area (Å²) in [5, 5.41) is 3.88. The number of benzene rings is 2. The van der Waals surface area contributed by atoms with Crippen molar-refractivity contribution in [3.63, 3.8) is 0 Å². The van der Waals surface area contributed by atoms with Crippen LogP contribution in [0, 0.1) is 27.7 Å². The Morgan fingerprint density at radius 3 is 2.18 bits per heavy atom. The van der Waals surface area contributed by atoms with Crippen molar-refractivity contribution in [2.45, 2.75) is 32.6 Å². The Kier molecular flexibility index (Phi) is 4.66. The summed E-state index contributed by atoms with van der Waals surface area (Å²) in [7, 11) is -3.63. The predicted molar refractivity (Wildman–Crippen MR) is 89.7 cm³/mol. The molecule has 0 amide bonds. The molecule has 0 saturated heterocycles. The number of aryl methyl sites for hydroxylation is 2. The molecule has 0 aromatic heterocycles. The van der Waals surface area contributed by atoms with E-state index in [0.717, 1.165) is 16.7 Å². The minimum Gasteiger partial charge on any atom is -0.200 e. The zero-order valence-electron chi connectivity index (χ0n) is 13.2. The third kappa shape index (κ3) is 3.54. The summed E-state index contributed by atoms with van der Waals surface area (Å²) in [6, 6.07) is 10.6. The van der Waals surface area contributed by atoms with E-state index in [1.807, 2.05) is 39.8 Å². The summed E-state index contributed by atoms with van der Waals surface area (Å²) in [4.78, 5) is 2.45. The van der Waals surface area contributed by atoms with Gasteiger partial charge in [0, 0.05) is 0 Å². The standard InChI is InChI=1S/C17H20N2O2S/c1-12-5-9-17(10-6-12)22(20,21)19-18-11-16-8-7-13(2)14(3)15(16)4/h5-11,19H,1-4H3/b18-11+.